The second kappa shape index (κ2) is 7.27. The maximum Gasteiger partial charge on any atom is 0.239 e. The summed E-state index contributed by atoms with van der Waals surface area (Å²) in [6.45, 7) is 4.83. The zero-order valence-corrected chi connectivity index (χ0v) is 11.5. The molecule has 0 radical (unpaired) electrons. The van der Waals surface area contributed by atoms with E-state index in [-0.39, 0.29) is 6.10 Å². The number of nitrogens with zero attached hydrogens (tertiary/aromatic N) is 1. The Morgan fingerprint density at radius 3 is 2.88 bits per heavy atom. The van der Waals surface area contributed by atoms with Crippen LogP contribution in [0, 0.1) is 0 Å². The number of nitrogens with two attached hydrogens (primary N) is 1. The van der Waals surface area contributed by atoms with Crippen molar-refractivity contribution in [2.24, 2.45) is 0 Å². The van der Waals surface area contributed by atoms with Crippen molar-refractivity contribution >= 4 is 23.3 Å². The molecule has 1 heterocycles. The first kappa shape index (κ1) is 14.0. The fourth-order valence-electron chi connectivity index (χ4n) is 1.30. The first-order chi connectivity index (χ1) is 8.13. The van der Waals surface area contributed by atoms with Gasteiger partial charge in [-0.15, -0.1) is 0 Å². The van der Waals surface area contributed by atoms with Gasteiger partial charge in [-0.05, 0) is 44.4 Å². The number of hydrogen-bond acceptors (Lipinski definition) is 5. The summed E-state index contributed by atoms with van der Waals surface area (Å²) in [5, 5.41) is 3.26. The van der Waals surface area contributed by atoms with Gasteiger partial charge in [0, 0.05) is 6.54 Å². The van der Waals surface area contributed by atoms with Gasteiger partial charge in [0.25, 0.3) is 0 Å². The molecule has 0 atom stereocenters. The fraction of sp³-hybridized carbons (Fsp3) is 0.583. The van der Waals surface area contributed by atoms with E-state index in [9.17, 15) is 0 Å². The number of hydrogen-bond donors (Lipinski definition) is 2. The van der Waals surface area contributed by atoms with E-state index in [4.69, 9.17) is 10.5 Å². The molecule has 1 aromatic rings. The number of anilines is 2. The van der Waals surface area contributed by atoms with Crippen LogP contribution in [-0.4, -0.2) is 29.6 Å². The van der Waals surface area contributed by atoms with Gasteiger partial charge in [-0.2, -0.15) is 16.7 Å². The van der Waals surface area contributed by atoms with Crippen molar-refractivity contribution in [3.63, 3.8) is 0 Å². The summed E-state index contributed by atoms with van der Waals surface area (Å²) in [4.78, 5) is 4.34. The second-order valence-electron chi connectivity index (χ2n) is 4.03. The molecule has 0 saturated carbocycles. The minimum Gasteiger partial charge on any atom is -0.473 e. The predicted molar refractivity (Wildman–Crippen MR) is 75.9 cm³/mol. The smallest absolute Gasteiger partial charge is 0.239 e. The van der Waals surface area contributed by atoms with Gasteiger partial charge in [-0.1, -0.05) is 0 Å². The predicted octanol–water partition coefficient (Wildman–Crippen LogP) is 2.62. The quantitative estimate of drug-likeness (QED) is 0.733. The molecular weight excluding hydrogens is 234 g/mol. The van der Waals surface area contributed by atoms with E-state index in [1.165, 1.54) is 0 Å². The third-order valence-corrected chi connectivity index (χ3v) is 2.77. The van der Waals surface area contributed by atoms with Crippen LogP contribution >= 0.6 is 11.8 Å². The number of nitrogens with one attached hydrogen (secondary N) is 1. The Bertz CT molecular complexity index is 345. The lowest BCUT2D eigenvalue weighted by Gasteiger charge is -2.12. The molecule has 4 nitrogen and oxygen atoms in total. The summed E-state index contributed by atoms with van der Waals surface area (Å²) < 4.78 is 5.53. The van der Waals surface area contributed by atoms with Crippen molar-refractivity contribution in [2.45, 2.75) is 26.4 Å². The summed E-state index contributed by atoms with van der Waals surface area (Å²) in [6.07, 6.45) is 3.31. The summed E-state index contributed by atoms with van der Waals surface area (Å²) in [5.41, 5.74) is 6.37. The minimum atomic E-state index is 0.0801. The zero-order valence-electron chi connectivity index (χ0n) is 10.7. The van der Waals surface area contributed by atoms with E-state index in [1.54, 1.807) is 0 Å². The first-order valence-corrected chi connectivity index (χ1v) is 7.19. The molecule has 0 aliphatic carbocycles. The van der Waals surface area contributed by atoms with E-state index in [0.29, 0.717) is 11.6 Å². The molecule has 0 aliphatic heterocycles. The van der Waals surface area contributed by atoms with Crippen LogP contribution in [0.1, 0.15) is 20.3 Å². The molecule has 0 amide bonds. The molecule has 0 fully saturated rings. The van der Waals surface area contributed by atoms with Crippen LogP contribution < -0.4 is 15.8 Å². The van der Waals surface area contributed by atoms with Crippen LogP contribution in [0.3, 0.4) is 0 Å². The highest BCUT2D eigenvalue weighted by molar-refractivity contribution is 7.98. The van der Waals surface area contributed by atoms with Crippen molar-refractivity contribution in [1.82, 2.24) is 4.98 Å². The second-order valence-corrected chi connectivity index (χ2v) is 5.02. The molecule has 1 rings (SSSR count). The van der Waals surface area contributed by atoms with Gasteiger partial charge in [0.15, 0.2) is 0 Å². The van der Waals surface area contributed by atoms with Crippen molar-refractivity contribution in [3.8, 4) is 5.88 Å². The summed E-state index contributed by atoms with van der Waals surface area (Å²) in [7, 11) is 0. The van der Waals surface area contributed by atoms with Crippen LogP contribution in [0.25, 0.3) is 0 Å². The highest BCUT2D eigenvalue weighted by atomic mass is 32.2. The number of ether oxygens (including phenoxy) is 1. The lowest BCUT2D eigenvalue weighted by atomic mass is 10.3. The minimum absolute atomic E-state index is 0.0801. The van der Waals surface area contributed by atoms with Crippen LogP contribution in [0.2, 0.25) is 0 Å². The van der Waals surface area contributed by atoms with E-state index in [1.807, 2.05) is 37.7 Å². The van der Waals surface area contributed by atoms with Gasteiger partial charge < -0.3 is 15.8 Å². The van der Waals surface area contributed by atoms with Crippen LogP contribution in [0.5, 0.6) is 5.88 Å². The third kappa shape index (κ3) is 5.17. The molecule has 0 aliphatic rings. The normalized spacial score (nSPS) is 10.6. The van der Waals surface area contributed by atoms with Gasteiger partial charge in [0.05, 0.1) is 11.8 Å². The van der Waals surface area contributed by atoms with Gasteiger partial charge in [-0.25, -0.2) is 0 Å². The molecule has 0 spiro atoms. The van der Waals surface area contributed by atoms with Crippen LogP contribution in [-0.2, 0) is 0 Å². The Labute approximate surface area is 107 Å². The van der Waals surface area contributed by atoms with Crippen LogP contribution in [0.4, 0.5) is 11.5 Å². The van der Waals surface area contributed by atoms with Crippen molar-refractivity contribution < 1.29 is 4.74 Å². The Morgan fingerprint density at radius 1 is 1.47 bits per heavy atom. The maximum absolute atomic E-state index is 5.80. The zero-order chi connectivity index (χ0) is 12.7. The fourth-order valence-corrected chi connectivity index (χ4v) is 1.73. The highest BCUT2D eigenvalue weighted by Gasteiger charge is 2.05. The number of pyridine rings is 1. The number of aromatic nitrogens is 1. The molecular formula is C12H21N3OS. The average molecular weight is 255 g/mol. The highest BCUT2D eigenvalue weighted by Crippen LogP contribution is 2.21. The lowest BCUT2D eigenvalue weighted by molar-refractivity contribution is 0.234. The Hall–Kier alpha value is -1.10. The molecule has 0 saturated heterocycles. The van der Waals surface area contributed by atoms with Gasteiger partial charge >= 0.3 is 0 Å². The molecule has 0 bridgehead atoms. The number of nitrogen functional groups attached to an aromatic ring is 1. The van der Waals surface area contributed by atoms with Crippen molar-refractivity contribution in [1.29, 1.82) is 0 Å². The molecule has 17 heavy (non-hydrogen) atoms. The molecule has 0 aromatic carbocycles. The Kier molecular flexibility index (Phi) is 5.97. The molecule has 0 unspecified atom stereocenters. The number of rotatable bonds is 7. The third-order valence-electron chi connectivity index (χ3n) is 2.07. The molecule has 3 N–H and O–H groups in total. The lowest BCUT2D eigenvalue weighted by Crippen LogP contribution is -2.11. The Balaban J connectivity index is 2.55. The first-order valence-electron chi connectivity index (χ1n) is 5.79. The van der Waals surface area contributed by atoms with E-state index < -0.39 is 0 Å². The molecule has 96 valence electrons. The molecule has 5 heteroatoms. The van der Waals surface area contributed by atoms with Gasteiger partial charge in [0.2, 0.25) is 5.88 Å². The van der Waals surface area contributed by atoms with Gasteiger partial charge in [0.1, 0.15) is 5.82 Å². The summed E-state index contributed by atoms with van der Waals surface area (Å²) in [6, 6.07) is 3.70. The topological polar surface area (TPSA) is 60.2 Å². The largest absolute Gasteiger partial charge is 0.473 e. The van der Waals surface area contributed by atoms with Crippen molar-refractivity contribution in [2.75, 3.05) is 29.6 Å². The maximum atomic E-state index is 5.80. The summed E-state index contributed by atoms with van der Waals surface area (Å²) in [5.74, 6) is 2.47. The van der Waals surface area contributed by atoms with Crippen LogP contribution in [0.15, 0.2) is 12.1 Å². The monoisotopic (exact) mass is 255 g/mol. The van der Waals surface area contributed by atoms with E-state index in [2.05, 4.69) is 16.6 Å². The standard InChI is InChI=1S/C12H21N3OS/c1-9(2)16-12-10(13)5-6-11(15-12)14-7-4-8-17-3/h5-6,9H,4,7-8,13H2,1-3H3,(H,14,15). The SMILES string of the molecule is CSCCCNc1ccc(N)c(OC(C)C)n1. The average Bonchev–Trinajstić information content (AvgIpc) is 2.28. The molecule has 1 aromatic heterocycles. The van der Waals surface area contributed by atoms with E-state index >= 15 is 0 Å². The van der Waals surface area contributed by atoms with E-state index in [0.717, 1.165) is 24.5 Å². The van der Waals surface area contributed by atoms with Crippen molar-refractivity contribution in [3.05, 3.63) is 12.1 Å². The summed E-state index contributed by atoms with van der Waals surface area (Å²) >= 11 is 1.85. The Morgan fingerprint density at radius 2 is 2.24 bits per heavy atom. The van der Waals surface area contributed by atoms with Gasteiger partial charge in [-0.3, -0.25) is 0 Å². The number of thioether (sulfide) groups is 1.